The van der Waals surface area contributed by atoms with Crippen LogP contribution in [0.3, 0.4) is 0 Å². The Balaban J connectivity index is 4.47. The Hall–Kier alpha value is -1.47. The van der Waals surface area contributed by atoms with Crippen molar-refractivity contribution in [3.8, 4) is 0 Å². The maximum atomic E-state index is 12.1. The number of carbonyl (C=O) groups excluding carboxylic acids is 1. The molecule has 5 nitrogen and oxygen atoms in total. The number of amides is 2. The first kappa shape index (κ1) is 16.5. The minimum Gasteiger partial charge on any atom is -0.480 e. The fraction of sp³-hybridized carbons (Fsp3) is 0.800. The van der Waals surface area contributed by atoms with Gasteiger partial charge in [0.25, 0.3) is 0 Å². The number of halogens is 3. The van der Waals surface area contributed by atoms with Crippen molar-refractivity contribution in [2.24, 2.45) is 0 Å². The number of hydrogen-bond acceptors (Lipinski definition) is 2. The van der Waals surface area contributed by atoms with Crippen LogP contribution in [0.4, 0.5) is 18.0 Å². The van der Waals surface area contributed by atoms with Crippen LogP contribution in [0.15, 0.2) is 0 Å². The molecule has 0 aromatic rings. The van der Waals surface area contributed by atoms with Gasteiger partial charge in [-0.05, 0) is 20.8 Å². The van der Waals surface area contributed by atoms with Crippen molar-refractivity contribution < 1.29 is 27.9 Å². The van der Waals surface area contributed by atoms with Crippen molar-refractivity contribution >= 4 is 12.0 Å². The first-order valence-electron chi connectivity index (χ1n) is 5.38. The number of aliphatic carboxylic acids is 1. The topological polar surface area (TPSA) is 69.6 Å². The summed E-state index contributed by atoms with van der Waals surface area (Å²) in [5.74, 6) is -1.22. The largest absolute Gasteiger partial charge is 0.480 e. The number of carbonyl (C=O) groups is 2. The van der Waals surface area contributed by atoms with E-state index < -0.39 is 43.2 Å². The molecule has 0 radical (unpaired) electrons. The predicted molar refractivity (Wildman–Crippen MR) is 58.1 cm³/mol. The molecule has 0 aromatic heterocycles. The summed E-state index contributed by atoms with van der Waals surface area (Å²) >= 11 is 0. The molecule has 0 bridgehead atoms. The maximum absolute atomic E-state index is 12.1. The Kier molecular flexibility index (Phi) is 5.93. The van der Waals surface area contributed by atoms with Gasteiger partial charge in [-0.15, -0.1) is 0 Å². The number of rotatable bonds is 5. The smallest absolute Gasteiger partial charge is 0.391 e. The molecule has 0 spiro atoms. The Morgan fingerprint density at radius 2 is 1.78 bits per heavy atom. The van der Waals surface area contributed by atoms with Crippen LogP contribution in [0.25, 0.3) is 0 Å². The highest BCUT2D eigenvalue weighted by Gasteiger charge is 2.31. The van der Waals surface area contributed by atoms with Gasteiger partial charge in [0.15, 0.2) is 0 Å². The number of nitrogens with one attached hydrogen (secondary N) is 1. The van der Waals surface area contributed by atoms with Crippen LogP contribution in [0.2, 0.25) is 0 Å². The number of alkyl halides is 3. The van der Waals surface area contributed by atoms with Crippen LogP contribution in [0.1, 0.15) is 27.2 Å². The molecule has 2 amide bonds. The summed E-state index contributed by atoms with van der Waals surface area (Å²) in [6.45, 7) is 3.82. The molecule has 1 atom stereocenters. The first-order valence-corrected chi connectivity index (χ1v) is 5.38. The molecule has 0 aliphatic rings. The standard InChI is InChI=1S/C10H17F3N2O3/c1-6(2)15(5-8(16)17)9(18)14-7(3)4-10(11,12)13/h6-7H,4-5H2,1-3H3,(H,14,18)(H,16,17). The molecule has 106 valence electrons. The minimum absolute atomic E-state index is 0.417. The van der Waals surface area contributed by atoms with Gasteiger partial charge in [0.05, 0.1) is 6.42 Å². The van der Waals surface area contributed by atoms with E-state index in [0.717, 1.165) is 4.90 Å². The molecular formula is C10H17F3N2O3. The Bertz CT molecular complexity index is 305. The number of carboxylic acids is 1. The number of nitrogens with zero attached hydrogens (tertiary/aromatic N) is 1. The van der Waals surface area contributed by atoms with E-state index in [1.54, 1.807) is 13.8 Å². The molecule has 1 unspecified atom stereocenters. The third kappa shape index (κ3) is 6.97. The lowest BCUT2D eigenvalue weighted by atomic mass is 10.2. The zero-order valence-electron chi connectivity index (χ0n) is 10.4. The Morgan fingerprint density at radius 3 is 2.11 bits per heavy atom. The van der Waals surface area contributed by atoms with Crippen molar-refractivity contribution in [3.63, 3.8) is 0 Å². The molecule has 0 aromatic carbocycles. The van der Waals surface area contributed by atoms with Gasteiger partial charge in [0.2, 0.25) is 0 Å². The fourth-order valence-corrected chi connectivity index (χ4v) is 1.33. The van der Waals surface area contributed by atoms with E-state index in [-0.39, 0.29) is 0 Å². The molecule has 18 heavy (non-hydrogen) atoms. The summed E-state index contributed by atoms with van der Waals surface area (Å²) in [5, 5.41) is 10.7. The van der Waals surface area contributed by atoms with Crippen molar-refractivity contribution in [1.82, 2.24) is 10.2 Å². The second-order valence-corrected chi connectivity index (χ2v) is 4.29. The molecule has 0 saturated carbocycles. The van der Waals surface area contributed by atoms with Gasteiger partial charge >= 0.3 is 18.2 Å². The second kappa shape index (κ2) is 6.46. The molecule has 0 fully saturated rings. The van der Waals surface area contributed by atoms with E-state index in [2.05, 4.69) is 5.32 Å². The lowest BCUT2D eigenvalue weighted by Crippen LogP contribution is -2.49. The molecule has 0 aliphatic heterocycles. The Labute approximate surface area is 103 Å². The quantitative estimate of drug-likeness (QED) is 0.800. The van der Waals surface area contributed by atoms with E-state index in [1.807, 2.05) is 0 Å². The molecule has 0 rings (SSSR count). The number of hydrogen-bond donors (Lipinski definition) is 2. The fourth-order valence-electron chi connectivity index (χ4n) is 1.33. The SMILES string of the molecule is CC(CC(F)(F)F)NC(=O)N(CC(=O)O)C(C)C. The summed E-state index contributed by atoms with van der Waals surface area (Å²) < 4.78 is 36.2. The van der Waals surface area contributed by atoms with Gasteiger partial charge < -0.3 is 15.3 Å². The normalized spacial score (nSPS) is 13.3. The summed E-state index contributed by atoms with van der Waals surface area (Å²) in [7, 11) is 0. The van der Waals surface area contributed by atoms with Gasteiger partial charge in [-0.2, -0.15) is 13.2 Å². The third-order valence-corrected chi connectivity index (χ3v) is 2.10. The third-order valence-electron chi connectivity index (χ3n) is 2.10. The second-order valence-electron chi connectivity index (χ2n) is 4.29. The van der Waals surface area contributed by atoms with Gasteiger partial charge in [-0.1, -0.05) is 0 Å². The molecule has 2 N–H and O–H groups in total. The van der Waals surface area contributed by atoms with E-state index in [9.17, 15) is 22.8 Å². The maximum Gasteiger partial charge on any atom is 0.391 e. The highest BCUT2D eigenvalue weighted by molar-refractivity contribution is 5.80. The van der Waals surface area contributed by atoms with Gasteiger partial charge in [0.1, 0.15) is 6.54 Å². The minimum atomic E-state index is -4.37. The van der Waals surface area contributed by atoms with Crippen LogP contribution in [0.5, 0.6) is 0 Å². The zero-order chi connectivity index (χ0) is 14.5. The van der Waals surface area contributed by atoms with Crippen molar-refractivity contribution in [3.05, 3.63) is 0 Å². The van der Waals surface area contributed by atoms with Gasteiger partial charge in [-0.25, -0.2) is 4.79 Å². The molecule has 0 heterocycles. The van der Waals surface area contributed by atoms with Crippen molar-refractivity contribution in [1.29, 1.82) is 0 Å². The van der Waals surface area contributed by atoms with Crippen molar-refractivity contribution in [2.45, 2.75) is 45.5 Å². The lowest BCUT2D eigenvalue weighted by molar-refractivity contribution is -0.140. The molecule has 0 aliphatic carbocycles. The Morgan fingerprint density at radius 1 is 1.28 bits per heavy atom. The predicted octanol–water partition coefficient (Wildman–Crippen LogP) is 1.83. The molecule has 8 heteroatoms. The van der Waals surface area contributed by atoms with E-state index in [1.165, 1.54) is 6.92 Å². The first-order chi connectivity index (χ1) is 8.03. The van der Waals surface area contributed by atoms with Crippen LogP contribution in [0, 0.1) is 0 Å². The van der Waals surface area contributed by atoms with Gasteiger partial charge in [0, 0.05) is 12.1 Å². The molecular weight excluding hydrogens is 253 g/mol. The van der Waals surface area contributed by atoms with E-state index in [0.29, 0.717) is 0 Å². The van der Waals surface area contributed by atoms with Crippen LogP contribution in [-0.4, -0.2) is 46.8 Å². The van der Waals surface area contributed by atoms with Crippen LogP contribution < -0.4 is 5.32 Å². The number of urea groups is 1. The summed E-state index contributed by atoms with van der Waals surface area (Å²) in [6.07, 6.45) is -5.53. The van der Waals surface area contributed by atoms with Crippen LogP contribution in [-0.2, 0) is 4.79 Å². The van der Waals surface area contributed by atoms with E-state index in [4.69, 9.17) is 5.11 Å². The van der Waals surface area contributed by atoms with Gasteiger partial charge in [-0.3, -0.25) is 4.79 Å². The van der Waals surface area contributed by atoms with Crippen molar-refractivity contribution in [2.75, 3.05) is 6.54 Å². The average Bonchev–Trinajstić information content (AvgIpc) is 2.09. The monoisotopic (exact) mass is 270 g/mol. The highest BCUT2D eigenvalue weighted by atomic mass is 19.4. The lowest BCUT2D eigenvalue weighted by Gasteiger charge is -2.27. The average molecular weight is 270 g/mol. The zero-order valence-corrected chi connectivity index (χ0v) is 10.4. The van der Waals surface area contributed by atoms with E-state index >= 15 is 0 Å². The summed E-state index contributed by atoms with van der Waals surface area (Å²) in [5.41, 5.74) is 0. The number of carboxylic acid groups (broad SMARTS) is 1. The van der Waals surface area contributed by atoms with Crippen LogP contribution >= 0.6 is 0 Å². The molecule has 0 saturated heterocycles. The summed E-state index contributed by atoms with van der Waals surface area (Å²) in [6, 6.07) is -2.34. The summed E-state index contributed by atoms with van der Waals surface area (Å²) in [4.78, 5) is 23.1. The highest BCUT2D eigenvalue weighted by Crippen LogP contribution is 2.21.